The van der Waals surface area contributed by atoms with Crippen molar-refractivity contribution in [3.63, 3.8) is 0 Å². The van der Waals surface area contributed by atoms with Crippen LogP contribution in [0.3, 0.4) is 0 Å². The lowest BCUT2D eigenvalue weighted by atomic mass is 9.68. The van der Waals surface area contributed by atoms with E-state index in [4.69, 9.17) is 5.11 Å². The van der Waals surface area contributed by atoms with Crippen molar-refractivity contribution in [3.05, 3.63) is 12.2 Å². The highest BCUT2D eigenvalue weighted by atomic mass is 16.4. The van der Waals surface area contributed by atoms with Crippen LogP contribution in [0.1, 0.15) is 44.9 Å². The van der Waals surface area contributed by atoms with Crippen molar-refractivity contribution in [1.82, 2.24) is 4.90 Å². The highest BCUT2D eigenvalue weighted by molar-refractivity contribution is 5.86. The van der Waals surface area contributed by atoms with E-state index in [1.165, 1.54) is 44.9 Å². The van der Waals surface area contributed by atoms with Gasteiger partial charge in [-0.2, -0.15) is 0 Å². The molecule has 17 heavy (non-hydrogen) atoms. The van der Waals surface area contributed by atoms with E-state index in [-0.39, 0.29) is 0 Å². The maximum atomic E-state index is 10.7. The molecular weight excluding hydrogens is 214 g/mol. The first kappa shape index (κ1) is 12.6. The van der Waals surface area contributed by atoms with Gasteiger partial charge in [-0.3, -0.25) is 4.90 Å². The zero-order valence-electron chi connectivity index (χ0n) is 10.6. The van der Waals surface area contributed by atoms with Crippen LogP contribution < -0.4 is 0 Å². The van der Waals surface area contributed by atoms with Crippen LogP contribution in [0.25, 0.3) is 0 Å². The zero-order chi connectivity index (χ0) is 12.3. The van der Waals surface area contributed by atoms with Crippen LogP contribution in [0.5, 0.6) is 0 Å². The first-order valence-electron chi connectivity index (χ1n) is 6.75. The van der Waals surface area contributed by atoms with E-state index in [1.807, 2.05) is 0 Å². The largest absolute Gasteiger partial charge is 0.478 e. The van der Waals surface area contributed by atoms with Crippen LogP contribution in [-0.4, -0.2) is 35.6 Å². The third kappa shape index (κ3) is 3.09. The molecule has 0 unspecified atom stereocenters. The summed E-state index contributed by atoms with van der Waals surface area (Å²) < 4.78 is 0. The Morgan fingerprint density at radius 1 is 1.12 bits per heavy atom. The number of aliphatic carboxylic acids is 1. The maximum absolute atomic E-state index is 10.7. The Morgan fingerprint density at radius 2 is 1.71 bits per heavy atom. The Balaban J connectivity index is 1.81. The summed E-state index contributed by atoms with van der Waals surface area (Å²) in [5.41, 5.74) is 0.920. The van der Waals surface area contributed by atoms with Gasteiger partial charge in [-0.1, -0.05) is 25.8 Å². The second-order valence-electron chi connectivity index (χ2n) is 5.75. The molecule has 96 valence electrons. The Hall–Kier alpha value is -0.830. The van der Waals surface area contributed by atoms with Gasteiger partial charge in [0, 0.05) is 12.1 Å². The Bertz CT molecular complexity index is 295. The second-order valence-corrected chi connectivity index (χ2v) is 5.75. The lowest BCUT2D eigenvalue weighted by Gasteiger charge is -2.44. The van der Waals surface area contributed by atoms with Crippen molar-refractivity contribution in [2.24, 2.45) is 5.41 Å². The number of rotatable bonds is 3. The number of carboxylic acid groups (broad SMARTS) is 1. The topological polar surface area (TPSA) is 40.5 Å². The van der Waals surface area contributed by atoms with E-state index < -0.39 is 5.97 Å². The van der Waals surface area contributed by atoms with Crippen LogP contribution in [0.2, 0.25) is 0 Å². The fraction of sp³-hybridized carbons (Fsp3) is 0.786. The lowest BCUT2D eigenvalue weighted by Crippen LogP contribution is -2.42. The van der Waals surface area contributed by atoms with Crippen LogP contribution in [0, 0.1) is 5.41 Å². The molecule has 1 aliphatic heterocycles. The van der Waals surface area contributed by atoms with E-state index in [9.17, 15) is 4.79 Å². The van der Waals surface area contributed by atoms with Gasteiger partial charge in [0.1, 0.15) is 0 Å². The molecule has 1 spiro atoms. The molecule has 0 amide bonds. The smallest absolute Gasteiger partial charge is 0.332 e. The third-order valence-electron chi connectivity index (χ3n) is 4.55. The fourth-order valence-electron chi connectivity index (χ4n) is 3.32. The van der Waals surface area contributed by atoms with Crippen molar-refractivity contribution >= 4 is 5.97 Å². The van der Waals surface area contributed by atoms with Gasteiger partial charge in [0.05, 0.1) is 0 Å². The number of piperidine rings is 1. The minimum atomic E-state index is -0.858. The average Bonchev–Trinajstić information content (AvgIpc) is 2.33. The molecule has 2 fully saturated rings. The van der Waals surface area contributed by atoms with E-state index in [2.05, 4.69) is 11.5 Å². The van der Waals surface area contributed by atoms with Gasteiger partial charge in [-0.25, -0.2) is 4.79 Å². The first-order valence-corrected chi connectivity index (χ1v) is 6.75. The summed E-state index contributed by atoms with van der Waals surface area (Å²) >= 11 is 0. The monoisotopic (exact) mass is 237 g/mol. The van der Waals surface area contributed by atoms with Gasteiger partial charge < -0.3 is 5.11 Å². The molecule has 0 atom stereocenters. The summed E-state index contributed by atoms with van der Waals surface area (Å²) in [4.78, 5) is 13.0. The molecule has 1 heterocycles. The summed E-state index contributed by atoms with van der Waals surface area (Å²) in [6, 6.07) is 0. The van der Waals surface area contributed by atoms with Crippen molar-refractivity contribution in [2.75, 3.05) is 19.6 Å². The fourth-order valence-corrected chi connectivity index (χ4v) is 3.32. The lowest BCUT2D eigenvalue weighted by molar-refractivity contribution is -0.133. The normalized spacial score (nSPS) is 24.7. The summed E-state index contributed by atoms with van der Waals surface area (Å²) in [5.74, 6) is -0.858. The number of carboxylic acids is 1. The molecule has 0 aromatic carbocycles. The summed E-state index contributed by atoms with van der Waals surface area (Å²) in [5, 5.41) is 8.83. The first-order chi connectivity index (χ1) is 8.11. The molecule has 2 rings (SSSR count). The second kappa shape index (κ2) is 5.21. The number of nitrogens with zero attached hydrogens (tertiary/aromatic N) is 1. The third-order valence-corrected chi connectivity index (χ3v) is 4.55. The number of likely N-dealkylation sites (tertiary alicyclic amines) is 1. The van der Waals surface area contributed by atoms with Gasteiger partial charge in [-0.15, -0.1) is 0 Å². The molecule has 0 aromatic rings. The molecule has 2 aliphatic rings. The minimum Gasteiger partial charge on any atom is -0.478 e. The minimum absolute atomic E-state index is 0.324. The van der Waals surface area contributed by atoms with Gasteiger partial charge in [0.25, 0.3) is 0 Å². The molecule has 1 aliphatic carbocycles. The molecule has 1 saturated carbocycles. The van der Waals surface area contributed by atoms with Crippen LogP contribution >= 0.6 is 0 Å². The zero-order valence-corrected chi connectivity index (χ0v) is 10.6. The van der Waals surface area contributed by atoms with Crippen LogP contribution in [0.4, 0.5) is 0 Å². The SMILES string of the molecule is C=C(CN1CCC2(CCCCC2)CC1)C(=O)O. The Kier molecular flexibility index (Phi) is 3.87. The van der Waals surface area contributed by atoms with E-state index >= 15 is 0 Å². The molecular formula is C14H23NO2. The van der Waals surface area contributed by atoms with E-state index in [0.717, 1.165) is 13.1 Å². The number of carbonyl (C=O) groups is 1. The summed E-state index contributed by atoms with van der Waals surface area (Å²) in [7, 11) is 0. The Morgan fingerprint density at radius 3 is 2.24 bits per heavy atom. The highest BCUT2D eigenvalue weighted by Crippen LogP contribution is 2.44. The van der Waals surface area contributed by atoms with E-state index in [0.29, 0.717) is 17.5 Å². The average molecular weight is 237 g/mol. The van der Waals surface area contributed by atoms with Gasteiger partial charge >= 0.3 is 5.97 Å². The Labute approximate surface area is 103 Å². The molecule has 3 nitrogen and oxygen atoms in total. The maximum Gasteiger partial charge on any atom is 0.332 e. The van der Waals surface area contributed by atoms with Crippen molar-refractivity contribution in [3.8, 4) is 0 Å². The van der Waals surface area contributed by atoms with E-state index in [1.54, 1.807) is 0 Å². The summed E-state index contributed by atoms with van der Waals surface area (Å²) in [6.45, 7) is 6.24. The predicted molar refractivity (Wildman–Crippen MR) is 68.0 cm³/mol. The number of hydrogen-bond acceptors (Lipinski definition) is 2. The van der Waals surface area contributed by atoms with Gasteiger partial charge in [0.2, 0.25) is 0 Å². The molecule has 0 bridgehead atoms. The molecule has 1 saturated heterocycles. The molecule has 3 heteroatoms. The van der Waals surface area contributed by atoms with Gasteiger partial charge in [0.15, 0.2) is 0 Å². The quantitative estimate of drug-likeness (QED) is 0.767. The molecule has 0 radical (unpaired) electrons. The van der Waals surface area contributed by atoms with Crippen molar-refractivity contribution in [2.45, 2.75) is 44.9 Å². The molecule has 1 N–H and O–H groups in total. The predicted octanol–water partition coefficient (Wildman–Crippen LogP) is 2.67. The van der Waals surface area contributed by atoms with Crippen LogP contribution in [0.15, 0.2) is 12.2 Å². The standard InChI is InChI=1S/C14H23NO2/c1-12(13(16)17)11-15-9-7-14(8-10-15)5-3-2-4-6-14/h1-11H2,(H,16,17). The van der Waals surface area contributed by atoms with Crippen LogP contribution in [-0.2, 0) is 4.79 Å². The van der Waals surface area contributed by atoms with Crippen molar-refractivity contribution in [1.29, 1.82) is 0 Å². The summed E-state index contributed by atoms with van der Waals surface area (Å²) in [6.07, 6.45) is 9.46. The highest BCUT2D eigenvalue weighted by Gasteiger charge is 2.35. The molecule has 0 aromatic heterocycles. The van der Waals surface area contributed by atoms with Crippen molar-refractivity contribution < 1.29 is 9.90 Å². The number of hydrogen-bond donors (Lipinski definition) is 1. The van der Waals surface area contributed by atoms with Gasteiger partial charge in [-0.05, 0) is 44.2 Å².